The average Bonchev–Trinajstić information content (AvgIpc) is 3.52. The highest BCUT2D eigenvalue weighted by atomic mass is 32.2. The third-order valence-electron chi connectivity index (χ3n) is 5.30. The van der Waals surface area contributed by atoms with Crippen LogP contribution in [0.25, 0.3) is 11.4 Å². The average molecular weight is 490 g/mol. The quantitative estimate of drug-likeness (QED) is 0.294. The lowest BCUT2D eigenvalue weighted by atomic mass is 9.87. The predicted molar refractivity (Wildman–Crippen MR) is 135 cm³/mol. The molecule has 0 aliphatic heterocycles. The summed E-state index contributed by atoms with van der Waals surface area (Å²) in [5.41, 5.74) is 8.06. The number of nitrogens with zero attached hydrogens (tertiary/aromatic N) is 3. The van der Waals surface area contributed by atoms with Crippen LogP contribution in [0.3, 0.4) is 0 Å². The van der Waals surface area contributed by atoms with Crippen molar-refractivity contribution in [3.05, 3.63) is 89.9 Å². The molecule has 0 fully saturated rings. The number of amides is 2. The van der Waals surface area contributed by atoms with Gasteiger partial charge in [-0.15, -0.1) is 10.2 Å². The third kappa shape index (κ3) is 6.19. The number of aromatic nitrogens is 3. The second-order valence-electron chi connectivity index (χ2n) is 8.97. The van der Waals surface area contributed by atoms with Crippen LogP contribution < -0.4 is 10.9 Å². The number of hydrazine groups is 1. The largest absolute Gasteiger partial charge is 0.459 e. The molecule has 0 bridgehead atoms. The van der Waals surface area contributed by atoms with Crippen LogP contribution in [-0.2, 0) is 16.8 Å². The number of carbonyl (C=O) groups excluding carboxylic acids is 2. The molecule has 35 heavy (non-hydrogen) atoms. The van der Waals surface area contributed by atoms with E-state index in [-0.39, 0.29) is 22.8 Å². The molecule has 4 aromatic rings. The fourth-order valence-electron chi connectivity index (χ4n) is 3.40. The van der Waals surface area contributed by atoms with E-state index in [0.29, 0.717) is 11.7 Å². The molecule has 2 aromatic carbocycles. The highest BCUT2D eigenvalue weighted by Crippen LogP contribution is 2.28. The molecular weight excluding hydrogens is 462 g/mol. The van der Waals surface area contributed by atoms with Crippen LogP contribution in [0.5, 0.6) is 0 Å². The first kappa shape index (κ1) is 24.3. The fraction of sp³-hybridized carbons (Fsp3) is 0.231. The number of hydrogen-bond donors (Lipinski definition) is 2. The van der Waals surface area contributed by atoms with E-state index >= 15 is 0 Å². The van der Waals surface area contributed by atoms with Crippen molar-refractivity contribution in [3.8, 4) is 11.4 Å². The smallest absolute Gasteiger partial charge is 0.305 e. The molecular formula is C26H27N5O3S. The lowest BCUT2D eigenvalue weighted by Gasteiger charge is -2.19. The first-order valence-corrected chi connectivity index (χ1v) is 12.1. The van der Waals surface area contributed by atoms with Crippen molar-refractivity contribution in [2.45, 2.75) is 37.9 Å². The first-order valence-electron chi connectivity index (χ1n) is 11.1. The minimum atomic E-state index is -0.526. The summed E-state index contributed by atoms with van der Waals surface area (Å²) in [6.45, 7) is 7.09. The van der Waals surface area contributed by atoms with Crippen molar-refractivity contribution >= 4 is 23.6 Å². The van der Waals surface area contributed by atoms with E-state index < -0.39 is 5.91 Å². The molecule has 0 unspecified atom stereocenters. The molecule has 0 saturated heterocycles. The standard InChI is InChI=1S/C26H27N5O3S/c1-26(2,3)20-13-11-19(12-14-20)23-28-30-25(31(23)16-18-8-5-4-6-9-18)35-17-22(32)27-29-24(33)21-10-7-15-34-21/h4-15H,16-17H2,1-3H3,(H,27,32)(H,29,33). The summed E-state index contributed by atoms with van der Waals surface area (Å²) in [4.78, 5) is 24.3. The Kier molecular flexibility index (Phi) is 7.36. The number of nitrogens with one attached hydrogen (secondary N) is 2. The van der Waals surface area contributed by atoms with Crippen LogP contribution in [-0.4, -0.2) is 32.3 Å². The van der Waals surface area contributed by atoms with Crippen molar-refractivity contribution in [2.24, 2.45) is 0 Å². The lowest BCUT2D eigenvalue weighted by molar-refractivity contribution is -0.119. The van der Waals surface area contributed by atoms with Crippen LogP contribution in [0, 0.1) is 0 Å². The van der Waals surface area contributed by atoms with Gasteiger partial charge in [0.2, 0.25) is 5.91 Å². The third-order valence-corrected chi connectivity index (χ3v) is 6.27. The lowest BCUT2D eigenvalue weighted by Crippen LogP contribution is -2.42. The minimum absolute atomic E-state index is 0.0499. The molecule has 0 aliphatic rings. The molecule has 2 N–H and O–H groups in total. The Balaban J connectivity index is 1.50. The van der Waals surface area contributed by atoms with Crippen molar-refractivity contribution < 1.29 is 14.0 Å². The Morgan fingerprint density at radius 3 is 2.34 bits per heavy atom. The molecule has 0 saturated carbocycles. The van der Waals surface area contributed by atoms with E-state index in [1.165, 1.54) is 29.7 Å². The number of hydrogen-bond acceptors (Lipinski definition) is 6. The second-order valence-corrected chi connectivity index (χ2v) is 9.92. The Labute approximate surface area is 208 Å². The van der Waals surface area contributed by atoms with E-state index in [9.17, 15) is 9.59 Å². The van der Waals surface area contributed by atoms with Crippen molar-refractivity contribution in [2.75, 3.05) is 5.75 Å². The Bertz CT molecular complexity index is 1280. The second kappa shape index (κ2) is 10.6. The molecule has 2 aromatic heterocycles. The Morgan fingerprint density at radius 1 is 0.943 bits per heavy atom. The van der Waals surface area contributed by atoms with E-state index in [2.05, 4.69) is 66.1 Å². The van der Waals surface area contributed by atoms with Gasteiger partial charge in [0.15, 0.2) is 16.7 Å². The van der Waals surface area contributed by atoms with Gasteiger partial charge in [0.05, 0.1) is 18.6 Å². The van der Waals surface area contributed by atoms with Crippen LogP contribution in [0.15, 0.2) is 82.6 Å². The molecule has 180 valence electrons. The maximum Gasteiger partial charge on any atom is 0.305 e. The van der Waals surface area contributed by atoms with Crippen molar-refractivity contribution in [1.82, 2.24) is 25.6 Å². The summed E-state index contributed by atoms with van der Waals surface area (Å²) in [5, 5.41) is 9.41. The van der Waals surface area contributed by atoms with Gasteiger partial charge < -0.3 is 4.42 Å². The summed E-state index contributed by atoms with van der Waals surface area (Å²) in [5.74, 6) is -0.0123. The molecule has 8 nitrogen and oxygen atoms in total. The zero-order valence-corrected chi connectivity index (χ0v) is 20.6. The summed E-state index contributed by atoms with van der Waals surface area (Å²) in [6, 6.07) is 21.5. The first-order chi connectivity index (χ1) is 16.8. The topological polar surface area (TPSA) is 102 Å². The number of benzene rings is 2. The van der Waals surface area contributed by atoms with Crippen LogP contribution in [0.2, 0.25) is 0 Å². The molecule has 0 spiro atoms. The molecule has 2 amide bonds. The Morgan fingerprint density at radius 2 is 1.69 bits per heavy atom. The predicted octanol–water partition coefficient (Wildman–Crippen LogP) is 4.44. The highest BCUT2D eigenvalue weighted by molar-refractivity contribution is 7.99. The molecule has 9 heteroatoms. The molecule has 4 rings (SSSR count). The molecule has 0 atom stereocenters. The van der Waals surface area contributed by atoms with Gasteiger partial charge in [-0.3, -0.25) is 25.0 Å². The number of thioether (sulfide) groups is 1. The summed E-state index contributed by atoms with van der Waals surface area (Å²) < 4.78 is 7.01. The monoisotopic (exact) mass is 489 g/mol. The van der Waals surface area contributed by atoms with Gasteiger partial charge in [0, 0.05) is 5.56 Å². The van der Waals surface area contributed by atoms with Gasteiger partial charge in [0.25, 0.3) is 0 Å². The van der Waals surface area contributed by atoms with Crippen LogP contribution in [0.4, 0.5) is 0 Å². The van der Waals surface area contributed by atoms with Gasteiger partial charge in [0.1, 0.15) is 0 Å². The van der Waals surface area contributed by atoms with E-state index in [1.54, 1.807) is 6.07 Å². The summed E-state index contributed by atoms with van der Waals surface area (Å²) in [7, 11) is 0. The fourth-order valence-corrected chi connectivity index (χ4v) is 4.14. The molecule has 0 radical (unpaired) electrons. The van der Waals surface area contributed by atoms with E-state index in [1.807, 2.05) is 34.9 Å². The molecule has 0 aliphatic carbocycles. The summed E-state index contributed by atoms with van der Waals surface area (Å²) >= 11 is 1.25. The van der Waals surface area contributed by atoms with Crippen molar-refractivity contribution in [1.29, 1.82) is 0 Å². The SMILES string of the molecule is CC(C)(C)c1ccc(-c2nnc(SCC(=O)NNC(=O)c3ccco3)n2Cc2ccccc2)cc1. The van der Waals surface area contributed by atoms with Gasteiger partial charge >= 0.3 is 5.91 Å². The van der Waals surface area contributed by atoms with Gasteiger partial charge in [-0.1, -0.05) is 87.1 Å². The maximum atomic E-state index is 12.3. The zero-order chi connectivity index (χ0) is 24.8. The minimum Gasteiger partial charge on any atom is -0.459 e. The Hall–Kier alpha value is -3.85. The zero-order valence-electron chi connectivity index (χ0n) is 19.8. The van der Waals surface area contributed by atoms with E-state index in [4.69, 9.17) is 4.42 Å². The van der Waals surface area contributed by atoms with Gasteiger partial charge in [-0.05, 0) is 28.7 Å². The normalized spacial score (nSPS) is 11.3. The van der Waals surface area contributed by atoms with Gasteiger partial charge in [-0.25, -0.2) is 0 Å². The van der Waals surface area contributed by atoms with Gasteiger partial charge in [-0.2, -0.15) is 0 Å². The number of rotatable bonds is 7. The van der Waals surface area contributed by atoms with Crippen LogP contribution >= 0.6 is 11.8 Å². The van der Waals surface area contributed by atoms with E-state index in [0.717, 1.165) is 17.0 Å². The number of carbonyl (C=O) groups is 2. The maximum absolute atomic E-state index is 12.3. The highest BCUT2D eigenvalue weighted by Gasteiger charge is 2.18. The summed E-state index contributed by atoms with van der Waals surface area (Å²) in [6.07, 6.45) is 1.39. The molecule has 2 heterocycles. The van der Waals surface area contributed by atoms with Crippen molar-refractivity contribution in [3.63, 3.8) is 0 Å². The number of furan rings is 1. The van der Waals surface area contributed by atoms with Crippen LogP contribution in [0.1, 0.15) is 42.5 Å².